The van der Waals surface area contributed by atoms with Gasteiger partial charge in [-0.25, -0.2) is 4.39 Å². The summed E-state index contributed by atoms with van der Waals surface area (Å²) in [6, 6.07) is 19.4. The first kappa shape index (κ1) is 25.2. The van der Waals surface area contributed by atoms with Crippen LogP contribution in [0, 0.1) is 5.82 Å². The van der Waals surface area contributed by atoms with Crippen molar-refractivity contribution in [2.45, 2.75) is 19.5 Å². The number of para-hydroxylation sites is 2. The quantitative estimate of drug-likeness (QED) is 0.494. The highest BCUT2D eigenvalue weighted by Crippen LogP contribution is 2.26. The van der Waals surface area contributed by atoms with Crippen molar-refractivity contribution in [3.63, 3.8) is 0 Å². The van der Waals surface area contributed by atoms with Gasteiger partial charge in [-0.1, -0.05) is 42.5 Å². The Morgan fingerprint density at radius 2 is 1.62 bits per heavy atom. The van der Waals surface area contributed by atoms with Crippen molar-refractivity contribution >= 4 is 21.8 Å². The third-order valence-corrected chi connectivity index (χ3v) is 7.16. The van der Waals surface area contributed by atoms with Crippen molar-refractivity contribution in [1.29, 1.82) is 0 Å². The number of nitrogens with zero attached hydrogens (tertiary/aromatic N) is 2. The average molecular weight is 486 g/mol. The molecule has 7 nitrogen and oxygen atoms in total. The van der Waals surface area contributed by atoms with Crippen LogP contribution in [-0.4, -0.2) is 39.8 Å². The second-order valence-electron chi connectivity index (χ2n) is 7.88. The maximum Gasteiger partial charge on any atom is 0.303 e. The summed E-state index contributed by atoms with van der Waals surface area (Å²) in [5, 5.41) is 2.94. The average Bonchev–Trinajstić information content (AvgIpc) is 2.83. The zero-order valence-electron chi connectivity index (χ0n) is 19.5. The van der Waals surface area contributed by atoms with Crippen molar-refractivity contribution in [1.82, 2.24) is 9.62 Å². The molecule has 0 heterocycles. The van der Waals surface area contributed by atoms with E-state index in [1.807, 2.05) is 31.2 Å². The van der Waals surface area contributed by atoms with Crippen LogP contribution < -0.4 is 14.4 Å². The van der Waals surface area contributed by atoms with Gasteiger partial charge in [0.2, 0.25) is 0 Å². The van der Waals surface area contributed by atoms with Gasteiger partial charge in [0, 0.05) is 25.2 Å². The van der Waals surface area contributed by atoms with Gasteiger partial charge in [0.25, 0.3) is 5.91 Å². The first-order chi connectivity index (χ1) is 16.1. The fraction of sp³-hybridized carbons (Fsp3) is 0.240. The zero-order chi connectivity index (χ0) is 24.9. The molecule has 0 spiro atoms. The lowest BCUT2D eigenvalue weighted by Crippen LogP contribution is -2.40. The van der Waals surface area contributed by atoms with Crippen LogP contribution in [0.4, 0.5) is 10.1 Å². The predicted molar refractivity (Wildman–Crippen MR) is 131 cm³/mol. The predicted octanol–water partition coefficient (Wildman–Crippen LogP) is 4.14. The molecule has 0 aromatic heterocycles. The highest BCUT2D eigenvalue weighted by atomic mass is 32.2. The minimum absolute atomic E-state index is 0.0522. The molecule has 9 heteroatoms. The number of ether oxygens (including phenoxy) is 1. The Labute approximate surface area is 200 Å². The molecule has 0 saturated heterocycles. The molecule has 0 fully saturated rings. The molecular formula is C25H28FN3O4S. The van der Waals surface area contributed by atoms with Crippen LogP contribution in [0.5, 0.6) is 5.75 Å². The number of amides is 1. The number of halogens is 1. The van der Waals surface area contributed by atoms with E-state index in [9.17, 15) is 17.6 Å². The summed E-state index contributed by atoms with van der Waals surface area (Å²) in [6.45, 7) is 1.77. The lowest BCUT2D eigenvalue weighted by molar-refractivity contribution is 0.0939. The maximum atomic E-state index is 14.4. The van der Waals surface area contributed by atoms with E-state index in [4.69, 9.17) is 4.74 Å². The molecule has 3 rings (SSSR count). The zero-order valence-corrected chi connectivity index (χ0v) is 20.3. The van der Waals surface area contributed by atoms with Crippen molar-refractivity contribution in [2.24, 2.45) is 0 Å². The summed E-state index contributed by atoms with van der Waals surface area (Å²) >= 11 is 0. The van der Waals surface area contributed by atoms with Gasteiger partial charge < -0.3 is 10.1 Å². The van der Waals surface area contributed by atoms with Gasteiger partial charge in [0.05, 0.1) is 25.4 Å². The smallest absolute Gasteiger partial charge is 0.303 e. The van der Waals surface area contributed by atoms with Crippen LogP contribution in [0.2, 0.25) is 0 Å². The van der Waals surface area contributed by atoms with Gasteiger partial charge in [-0.3, -0.25) is 9.10 Å². The number of hydrogen-bond donors (Lipinski definition) is 1. The molecule has 1 atom stereocenters. The number of carbonyl (C=O) groups is 1. The molecule has 0 bridgehead atoms. The first-order valence-electron chi connectivity index (χ1n) is 10.6. The number of rotatable bonds is 9. The summed E-state index contributed by atoms with van der Waals surface area (Å²) in [7, 11) is 0.397. The minimum Gasteiger partial charge on any atom is -0.496 e. The highest BCUT2D eigenvalue weighted by Gasteiger charge is 2.27. The van der Waals surface area contributed by atoms with Crippen molar-refractivity contribution in [3.8, 4) is 5.75 Å². The molecule has 0 aliphatic rings. The lowest BCUT2D eigenvalue weighted by Gasteiger charge is -2.27. The lowest BCUT2D eigenvalue weighted by atomic mass is 10.1. The van der Waals surface area contributed by atoms with Crippen LogP contribution in [-0.2, 0) is 16.8 Å². The van der Waals surface area contributed by atoms with E-state index in [0.29, 0.717) is 16.9 Å². The molecule has 3 aromatic carbocycles. The molecule has 1 N–H and O–H groups in total. The molecule has 34 heavy (non-hydrogen) atoms. The van der Waals surface area contributed by atoms with Crippen LogP contribution in [0.15, 0.2) is 72.8 Å². The Hall–Kier alpha value is -3.43. The van der Waals surface area contributed by atoms with Crippen LogP contribution >= 0.6 is 0 Å². The van der Waals surface area contributed by atoms with Gasteiger partial charge in [0.15, 0.2) is 0 Å². The third-order valence-electron chi connectivity index (χ3n) is 5.36. The van der Waals surface area contributed by atoms with E-state index < -0.39 is 16.0 Å². The van der Waals surface area contributed by atoms with Gasteiger partial charge in [-0.15, -0.1) is 0 Å². The molecule has 0 aliphatic heterocycles. The summed E-state index contributed by atoms with van der Waals surface area (Å²) in [6.07, 6.45) is 0. The number of hydrogen-bond acceptors (Lipinski definition) is 4. The van der Waals surface area contributed by atoms with Gasteiger partial charge in [-0.2, -0.15) is 12.7 Å². The van der Waals surface area contributed by atoms with Crippen LogP contribution in [0.1, 0.15) is 34.5 Å². The van der Waals surface area contributed by atoms with Crippen LogP contribution in [0.25, 0.3) is 0 Å². The second kappa shape index (κ2) is 10.7. The van der Waals surface area contributed by atoms with Gasteiger partial charge in [0.1, 0.15) is 11.6 Å². The minimum atomic E-state index is -3.96. The fourth-order valence-corrected chi connectivity index (χ4v) is 4.55. The van der Waals surface area contributed by atoms with Crippen LogP contribution in [0.3, 0.4) is 0 Å². The SMILES string of the molecule is COc1ccccc1C(C)NC(=O)c1ccc(CN(c2ccccc2F)S(=O)(=O)N(C)C)cc1. The molecule has 3 aromatic rings. The first-order valence-corrected chi connectivity index (χ1v) is 12.0. The van der Waals surface area contributed by atoms with Crippen molar-refractivity contribution in [2.75, 3.05) is 25.5 Å². The number of nitrogens with one attached hydrogen (secondary N) is 1. The van der Waals surface area contributed by atoms with E-state index >= 15 is 0 Å². The maximum absolute atomic E-state index is 14.4. The van der Waals surface area contributed by atoms with Crippen molar-refractivity contribution < 1.29 is 22.3 Å². The summed E-state index contributed by atoms with van der Waals surface area (Å²) in [4.78, 5) is 12.8. The molecule has 1 unspecified atom stereocenters. The van der Waals surface area contributed by atoms with Gasteiger partial charge >= 0.3 is 10.2 Å². The molecular weight excluding hydrogens is 457 g/mol. The normalized spacial score (nSPS) is 12.3. The summed E-state index contributed by atoms with van der Waals surface area (Å²) in [5.41, 5.74) is 1.81. The Morgan fingerprint density at radius 1 is 1.00 bits per heavy atom. The molecule has 1 amide bonds. The molecule has 180 valence electrons. The number of carbonyl (C=O) groups excluding carboxylic acids is 1. The number of benzene rings is 3. The van der Waals surface area contributed by atoms with E-state index in [2.05, 4.69) is 5.32 Å². The molecule has 0 saturated carbocycles. The monoisotopic (exact) mass is 485 g/mol. The number of anilines is 1. The Balaban J connectivity index is 1.79. The highest BCUT2D eigenvalue weighted by molar-refractivity contribution is 7.90. The third kappa shape index (κ3) is 5.55. The Kier molecular flexibility index (Phi) is 7.90. The standard InChI is InChI=1S/C25H28FN3O4S/c1-18(21-9-5-8-12-24(21)33-4)27-25(30)20-15-13-19(14-16-20)17-29(34(31,32)28(2)3)23-11-7-6-10-22(23)26/h5-16,18H,17H2,1-4H3,(H,27,30). The van der Waals surface area contributed by atoms with E-state index in [0.717, 1.165) is 14.2 Å². The largest absolute Gasteiger partial charge is 0.496 e. The van der Waals surface area contributed by atoms with Gasteiger partial charge in [-0.05, 0) is 42.8 Å². The molecule has 0 radical (unpaired) electrons. The Morgan fingerprint density at radius 3 is 2.24 bits per heavy atom. The summed E-state index contributed by atoms with van der Waals surface area (Å²) < 4.78 is 47.6. The van der Waals surface area contributed by atoms with E-state index in [-0.39, 0.29) is 24.2 Å². The fourth-order valence-electron chi connectivity index (χ4n) is 3.45. The Bertz CT molecular complexity index is 1250. The topological polar surface area (TPSA) is 79.0 Å². The number of methoxy groups -OCH3 is 1. The summed E-state index contributed by atoms with van der Waals surface area (Å²) in [5.74, 6) is -0.243. The second-order valence-corrected chi connectivity index (χ2v) is 9.95. The van der Waals surface area contributed by atoms with E-state index in [1.54, 1.807) is 37.4 Å². The molecule has 0 aliphatic carbocycles. The van der Waals surface area contributed by atoms with Crippen molar-refractivity contribution in [3.05, 3.63) is 95.3 Å². The van der Waals surface area contributed by atoms with E-state index in [1.165, 1.54) is 32.3 Å².